The SMILES string of the molecule is COc1ccc(S(=O)(=O)N(C)c2ccnc(C(=O)N3CCCCCC3)c2)cc1. The molecule has 28 heavy (non-hydrogen) atoms. The lowest BCUT2D eigenvalue weighted by Crippen LogP contribution is -2.33. The lowest BCUT2D eigenvalue weighted by atomic mass is 10.2. The van der Waals surface area contributed by atoms with Crippen LogP contribution in [0.15, 0.2) is 47.5 Å². The van der Waals surface area contributed by atoms with Crippen LogP contribution in [0.5, 0.6) is 5.75 Å². The highest BCUT2D eigenvalue weighted by Crippen LogP contribution is 2.24. The van der Waals surface area contributed by atoms with Crippen LogP contribution < -0.4 is 9.04 Å². The minimum Gasteiger partial charge on any atom is -0.497 e. The van der Waals surface area contributed by atoms with Gasteiger partial charge in [0.1, 0.15) is 11.4 Å². The number of hydrogen-bond donors (Lipinski definition) is 0. The monoisotopic (exact) mass is 403 g/mol. The smallest absolute Gasteiger partial charge is 0.272 e. The van der Waals surface area contributed by atoms with E-state index in [4.69, 9.17) is 4.74 Å². The zero-order valence-corrected chi connectivity index (χ0v) is 17.0. The van der Waals surface area contributed by atoms with E-state index in [0.717, 1.165) is 30.0 Å². The molecule has 1 aromatic heterocycles. The maximum atomic E-state index is 12.9. The molecule has 3 rings (SSSR count). The maximum Gasteiger partial charge on any atom is 0.272 e. The van der Waals surface area contributed by atoms with Crippen molar-refractivity contribution in [1.29, 1.82) is 0 Å². The fourth-order valence-electron chi connectivity index (χ4n) is 3.21. The number of aromatic nitrogens is 1. The van der Waals surface area contributed by atoms with Crippen LogP contribution >= 0.6 is 0 Å². The lowest BCUT2D eigenvalue weighted by molar-refractivity contribution is 0.0756. The van der Waals surface area contributed by atoms with Crippen molar-refractivity contribution in [2.45, 2.75) is 30.6 Å². The first-order valence-electron chi connectivity index (χ1n) is 9.32. The first-order valence-corrected chi connectivity index (χ1v) is 10.8. The zero-order chi connectivity index (χ0) is 20.1. The van der Waals surface area contributed by atoms with Gasteiger partial charge < -0.3 is 9.64 Å². The molecule has 7 nitrogen and oxygen atoms in total. The molecule has 0 spiro atoms. The van der Waals surface area contributed by atoms with Crippen LogP contribution in [0.25, 0.3) is 0 Å². The number of anilines is 1. The molecule has 2 aromatic rings. The maximum absolute atomic E-state index is 12.9. The van der Waals surface area contributed by atoms with Crippen molar-refractivity contribution in [2.75, 3.05) is 31.6 Å². The van der Waals surface area contributed by atoms with Gasteiger partial charge in [-0.15, -0.1) is 0 Å². The number of likely N-dealkylation sites (tertiary alicyclic amines) is 1. The standard InChI is InChI=1S/C20H25N3O4S/c1-22(28(25,26)18-9-7-17(27-2)8-10-18)16-11-12-21-19(15-16)20(24)23-13-5-3-4-6-14-23/h7-12,15H,3-6,13-14H2,1-2H3. The van der Waals surface area contributed by atoms with Crippen molar-refractivity contribution in [3.63, 3.8) is 0 Å². The molecule has 0 aliphatic carbocycles. The van der Waals surface area contributed by atoms with Crippen LogP contribution in [0.3, 0.4) is 0 Å². The molecule has 0 atom stereocenters. The van der Waals surface area contributed by atoms with Crippen LogP contribution in [0, 0.1) is 0 Å². The van der Waals surface area contributed by atoms with E-state index in [1.807, 2.05) is 0 Å². The molecule has 0 bridgehead atoms. The molecular formula is C20H25N3O4S. The van der Waals surface area contributed by atoms with Gasteiger partial charge in [-0.1, -0.05) is 12.8 Å². The van der Waals surface area contributed by atoms with E-state index in [2.05, 4.69) is 4.98 Å². The van der Waals surface area contributed by atoms with Crippen molar-refractivity contribution >= 4 is 21.6 Å². The molecule has 0 saturated carbocycles. The summed E-state index contributed by atoms with van der Waals surface area (Å²) in [5, 5.41) is 0. The number of amides is 1. The first kappa shape index (κ1) is 20.1. The number of ether oxygens (including phenoxy) is 1. The van der Waals surface area contributed by atoms with Crippen molar-refractivity contribution < 1.29 is 17.9 Å². The Morgan fingerprint density at radius 3 is 2.32 bits per heavy atom. The summed E-state index contributed by atoms with van der Waals surface area (Å²) in [5.41, 5.74) is 0.653. The Labute approximate surface area is 166 Å². The van der Waals surface area contributed by atoms with Crippen molar-refractivity contribution in [3.8, 4) is 5.75 Å². The average Bonchev–Trinajstić information content (AvgIpc) is 3.02. The Hall–Kier alpha value is -2.61. The van der Waals surface area contributed by atoms with Crippen molar-refractivity contribution in [1.82, 2.24) is 9.88 Å². The fraction of sp³-hybridized carbons (Fsp3) is 0.400. The summed E-state index contributed by atoms with van der Waals surface area (Å²) in [4.78, 5) is 18.9. The molecule has 1 aliphatic heterocycles. The van der Waals surface area contributed by atoms with Gasteiger partial charge >= 0.3 is 0 Å². The molecule has 0 N–H and O–H groups in total. The minimum atomic E-state index is -3.77. The van der Waals surface area contributed by atoms with E-state index >= 15 is 0 Å². The van der Waals surface area contributed by atoms with Crippen molar-refractivity contribution in [2.24, 2.45) is 0 Å². The van der Waals surface area contributed by atoms with E-state index in [0.29, 0.717) is 24.5 Å². The molecule has 2 heterocycles. The second kappa shape index (κ2) is 8.60. The molecule has 0 unspecified atom stereocenters. The van der Waals surface area contributed by atoms with Gasteiger partial charge in [-0.3, -0.25) is 14.1 Å². The number of pyridine rings is 1. The number of nitrogens with zero attached hydrogens (tertiary/aromatic N) is 3. The second-order valence-electron chi connectivity index (χ2n) is 6.75. The lowest BCUT2D eigenvalue weighted by Gasteiger charge is -2.22. The third kappa shape index (κ3) is 4.27. The van der Waals surface area contributed by atoms with Crippen LogP contribution in [0.1, 0.15) is 36.2 Å². The Morgan fingerprint density at radius 1 is 1.07 bits per heavy atom. The fourth-order valence-corrected chi connectivity index (χ4v) is 4.40. The molecule has 150 valence electrons. The van der Waals surface area contributed by atoms with Crippen LogP contribution in [0.2, 0.25) is 0 Å². The summed E-state index contributed by atoms with van der Waals surface area (Å²) < 4.78 is 32.1. The number of sulfonamides is 1. The summed E-state index contributed by atoms with van der Waals surface area (Å²) in [6.07, 6.45) is 5.69. The number of methoxy groups -OCH3 is 1. The number of hydrogen-bond acceptors (Lipinski definition) is 5. The summed E-state index contributed by atoms with van der Waals surface area (Å²) in [6, 6.07) is 9.31. The Kier molecular flexibility index (Phi) is 6.18. The Bertz CT molecular complexity index is 921. The third-order valence-electron chi connectivity index (χ3n) is 4.94. The highest BCUT2D eigenvalue weighted by Gasteiger charge is 2.24. The number of rotatable bonds is 5. The molecule has 1 fully saturated rings. The number of carbonyl (C=O) groups excluding carboxylic acids is 1. The van der Waals surface area contributed by atoms with Gasteiger partial charge in [0.15, 0.2) is 0 Å². The number of carbonyl (C=O) groups is 1. The van der Waals surface area contributed by atoms with Crippen LogP contribution in [0.4, 0.5) is 5.69 Å². The van der Waals surface area contributed by atoms with E-state index in [1.54, 1.807) is 23.1 Å². The Morgan fingerprint density at radius 2 is 1.71 bits per heavy atom. The van der Waals surface area contributed by atoms with E-state index in [9.17, 15) is 13.2 Å². The quantitative estimate of drug-likeness (QED) is 0.767. The highest BCUT2D eigenvalue weighted by atomic mass is 32.2. The number of benzene rings is 1. The summed E-state index contributed by atoms with van der Waals surface area (Å²) in [7, 11) is -0.774. The average molecular weight is 404 g/mol. The van der Waals surface area contributed by atoms with Crippen LogP contribution in [-0.2, 0) is 10.0 Å². The second-order valence-corrected chi connectivity index (χ2v) is 8.72. The molecule has 1 aromatic carbocycles. The van der Waals surface area contributed by atoms with Crippen LogP contribution in [-0.4, -0.2) is 51.5 Å². The predicted molar refractivity (Wildman–Crippen MR) is 107 cm³/mol. The first-order chi connectivity index (χ1) is 13.4. The topological polar surface area (TPSA) is 79.8 Å². The molecule has 1 saturated heterocycles. The summed E-state index contributed by atoms with van der Waals surface area (Å²) >= 11 is 0. The Balaban J connectivity index is 1.84. The minimum absolute atomic E-state index is 0.146. The van der Waals surface area contributed by atoms with Crippen molar-refractivity contribution in [3.05, 3.63) is 48.3 Å². The molecule has 0 radical (unpaired) electrons. The normalized spacial score (nSPS) is 15.0. The third-order valence-corrected chi connectivity index (χ3v) is 6.74. The summed E-state index contributed by atoms with van der Waals surface area (Å²) in [5.74, 6) is 0.426. The molecule has 8 heteroatoms. The molecule has 1 aliphatic rings. The summed E-state index contributed by atoms with van der Waals surface area (Å²) in [6.45, 7) is 1.43. The van der Waals surface area contributed by atoms with Gasteiger partial charge in [-0.05, 0) is 49.2 Å². The van der Waals surface area contributed by atoms with Gasteiger partial charge in [0, 0.05) is 26.3 Å². The van der Waals surface area contributed by atoms with Gasteiger partial charge in [-0.25, -0.2) is 8.42 Å². The van der Waals surface area contributed by atoms with Gasteiger partial charge in [-0.2, -0.15) is 0 Å². The highest BCUT2D eigenvalue weighted by molar-refractivity contribution is 7.92. The van der Waals surface area contributed by atoms with Gasteiger partial charge in [0.05, 0.1) is 17.7 Å². The zero-order valence-electron chi connectivity index (χ0n) is 16.2. The molecular weight excluding hydrogens is 378 g/mol. The van der Waals surface area contributed by atoms with Gasteiger partial charge in [0.2, 0.25) is 0 Å². The van der Waals surface area contributed by atoms with E-state index < -0.39 is 10.0 Å². The van der Waals surface area contributed by atoms with Gasteiger partial charge in [0.25, 0.3) is 15.9 Å². The van der Waals surface area contributed by atoms with E-state index in [-0.39, 0.29) is 16.5 Å². The largest absolute Gasteiger partial charge is 0.497 e. The predicted octanol–water partition coefficient (Wildman–Crippen LogP) is 2.93. The molecule has 1 amide bonds. The van der Waals surface area contributed by atoms with E-state index in [1.165, 1.54) is 38.6 Å².